The molecule has 0 spiro atoms. The molecule has 8 nitrogen and oxygen atoms in total. The summed E-state index contributed by atoms with van der Waals surface area (Å²) < 4.78 is 19.2. The van der Waals surface area contributed by atoms with E-state index in [1.807, 2.05) is 88.4 Å². The molecule has 3 aromatic carbocycles. The number of ether oxygens (including phenoxy) is 3. The van der Waals surface area contributed by atoms with Crippen LogP contribution in [0.15, 0.2) is 75.7 Å². The normalized spacial score (nSPS) is 14.9. The van der Waals surface area contributed by atoms with Crippen LogP contribution in [0.2, 0.25) is 0 Å². The minimum absolute atomic E-state index is 0.147. The van der Waals surface area contributed by atoms with E-state index in [4.69, 9.17) is 19.2 Å². The summed E-state index contributed by atoms with van der Waals surface area (Å²) in [6, 6.07) is 16.7. The van der Waals surface area contributed by atoms with Gasteiger partial charge in [-0.25, -0.2) is 4.99 Å². The highest BCUT2D eigenvalue weighted by molar-refractivity contribution is 7.07. The van der Waals surface area contributed by atoms with Crippen LogP contribution in [0.5, 0.6) is 17.2 Å². The quantitative estimate of drug-likeness (QED) is 0.285. The molecule has 9 heteroatoms. The van der Waals surface area contributed by atoms with Crippen LogP contribution in [-0.4, -0.2) is 49.3 Å². The Bertz CT molecular complexity index is 1870. The Labute approximate surface area is 248 Å². The van der Waals surface area contributed by atoms with E-state index in [1.165, 1.54) is 11.3 Å². The Hall–Kier alpha value is -4.37. The number of amides is 1. The predicted octanol–water partition coefficient (Wildman–Crippen LogP) is 4.67. The summed E-state index contributed by atoms with van der Waals surface area (Å²) in [6.45, 7) is 9.24. The van der Waals surface area contributed by atoms with Gasteiger partial charge in [-0.2, -0.15) is 0 Å². The molecule has 1 aliphatic rings. The molecule has 1 aromatic heterocycles. The number of methoxy groups -OCH3 is 2. The van der Waals surface area contributed by atoms with Crippen molar-refractivity contribution in [1.29, 1.82) is 0 Å². The standard InChI is InChI=1S/C33H35N3O5S/c1-7-35(8-2)32(38)28-20(4)34-33-36(30(28)29-23-13-11-10-12-22(23)15-17-25(29)39-5)31(37)27(42-33)19-21-14-16-24(41-9-3)26(18-21)40-6/h10-19,30H,7-9H2,1-6H3/b27-19+/t30-/m0/s1. The molecule has 0 saturated carbocycles. The van der Waals surface area contributed by atoms with Gasteiger partial charge in [0.25, 0.3) is 11.5 Å². The van der Waals surface area contributed by atoms with Crippen LogP contribution in [0, 0.1) is 0 Å². The summed E-state index contributed by atoms with van der Waals surface area (Å²) in [5.41, 5.74) is 2.37. The van der Waals surface area contributed by atoms with Gasteiger partial charge in [0.05, 0.1) is 36.6 Å². The van der Waals surface area contributed by atoms with Crippen LogP contribution < -0.4 is 29.1 Å². The molecule has 0 fully saturated rings. The summed E-state index contributed by atoms with van der Waals surface area (Å²) in [4.78, 5) is 35.5. The van der Waals surface area contributed by atoms with E-state index in [9.17, 15) is 9.59 Å². The molecule has 218 valence electrons. The van der Waals surface area contributed by atoms with Crippen molar-refractivity contribution in [3.63, 3.8) is 0 Å². The number of allylic oxidation sites excluding steroid dienone is 1. The van der Waals surface area contributed by atoms with Gasteiger partial charge >= 0.3 is 0 Å². The molecule has 0 saturated heterocycles. The zero-order valence-corrected chi connectivity index (χ0v) is 25.6. The first-order chi connectivity index (χ1) is 20.4. The predicted molar refractivity (Wildman–Crippen MR) is 166 cm³/mol. The molecule has 0 N–H and O–H groups in total. The monoisotopic (exact) mass is 585 g/mol. The minimum atomic E-state index is -0.729. The second-order valence-electron chi connectivity index (χ2n) is 9.81. The lowest BCUT2D eigenvalue weighted by atomic mass is 9.90. The maximum atomic E-state index is 14.3. The molecular weight excluding hydrogens is 550 g/mol. The lowest BCUT2D eigenvalue weighted by Gasteiger charge is -2.30. The summed E-state index contributed by atoms with van der Waals surface area (Å²) >= 11 is 1.30. The Morgan fingerprint density at radius 1 is 1.00 bits per heavy atom. The maximum Gasteiger partial charge on any atom is 0.271 e. The molecule has 5 rings (SSSR count). The lowest BCUT2D eigenvalue weighted by Crippen LogP contribution is -2.43. The van der Waals surface area contributed by atoms with Gasteiger partial charge in [-0.1, -0.05) is 47.7 Å². The van der Waals surface area contributed by atoms with Gasteiger partial charge in [0, 0.05) is 18.7 Å². The van der Waals surface area contributed by atoms with Crippen LogP contribution in [0.25, 0.3) is 16.8 Å². The minimum Gasteiger partial charge on any atom is -0.496 e. The first-order valence-corrected chi connectivity index (χ1v) is 14.9. The van der Waals surface area contributed by atoms with E-state index in [1.54, 1.807) is 23.7 Å². The summed E-state index contributed by atoms with van der Waals surface area (Å²) in [7, 11) is 3.20. The van der Waals surface area contributed by atoms with Crippen molar-refractivity contribution in [3.8, 4) is 17.2 Å². The number of aromatic nitrogens is 1. The molecular formula is C33H35N3O5S. The Kier molecular flexibility index (Phi) is 8.49. The van der Waals surface area contributed by atoms with Crippen LogP contribution >= 0.6 is 11.3 Å². The first kappa shape index (κ1) is 29.1. The van der Waals surface area contributed by atoms with E-state index in [-0.39, 0.29) is 11.5 Å². The van der Waals surface area contributed by atoms with Crippen LogP contribution in [0.3, 0.4) is 0 Å². The first-order valence-electron chi connectivity index (χ1n) is 14.0. The number of fused-ring (bicyclic) bond motifs is 2. The Morgan fingerprint density at radius 3 is 2.40 bits per heavy atom. The number of hydrogen-bond donors (Lipinski definition) is 0. The molecule has 1 atom stereocenters. The van der Waals surface area contributed by atoms with E-state index in [0.29, 0.717) is 57.5 Å². The van der Waals surface area contributed by atoms with Gasteiger partial charge < -0.3 is 19.1 Å². The molecule has 2 heterocycles. The number of benzene rings is 3. The topological polar surface area (TPSA) is 82.4 Å². The SMILES string of the molecule is CCOc1ccc(/C=c2/sc3n(c2=O)[C@H](c2c(OC)ccc4ccccc24)C(C(=O)N(CC)CC)=C(C)N=3)cc1OC. The van der Waals surface area contributed by atoms with Gasteiger partial charge in [-0.3, -0.25) is 14.2 Å². The van der Waals surface area contributed by atoms with E-state index in [2.05, 4.69) is 0 Å². The fourth-order valence-electron chi connectivity index (χ4n) is 5.49. The van der Waals surface area contributed by atoms with Crippen LogP contribution in [0.4, 0.5) is 0 Å². The van der Waals surface area contributed by atoms with E-state index in [0.717, 1.165) is 21.9 Å². The molecule has 0 bridgehead atoms. The third-order valence-electron chi connectivity index (χ3n) is 7.51. The summed E-state index contributed by atoms with van der Waals surface area (Å²) in [5, 5.41) is 1.90. The third-order valence-corrected chi connectivity index (χ3v) is 8.50. The highest BCUT2D eigenvalue weighted by Crippen LogP contribution is 2.40. The van der Waals surface area contributed by atoms with Crippen molar-refractivity contribution in [2.75, 3.05) is 33.9 Å². The van der Waals surface area contributed by atoms with Gasteiger partial charge in [-0.05, 0) is 68.3 Å². The lowest BCUT2D eigenvalue weighted by molar-refractivity contribution is -0.127. The number of hydrogen-bond acceptors (Lipinski definition) is 7. The zero-order valence-electron chi connectivity index (χ0n) is 24.8. The van der Waals surface area contributed by atoms with Crippen molar-refractivity contribution in [2.45, 2.75) is 33.7 Å². The summed E-state index contributed by atoms with van der Waals surface area (Å²) in [5.74, 6) is 1.67. The second-order valence-corrected chi connectivity index (χ2v) is 10.8. The molecule has 0 radical (unpaired) electrons. The highest BCUT2D eigenvalue weighted by Gasteiger charge is 2.36. The fourth-order valence-corrected chi connectivity index (χ4v) is 6.53. The van der Waals surface area contributed by atoms with Crippen LogP contribution in [0.1, 0.15) is 44.9 Å². The molecule has 1 aliphatic heterocycles. The van der Waals surface area contributed by atoms with Gasteiger partial charge in [0.1, 0.15) is 11.8 Å². The number of likely N-dealkylation sites (N-methyl/N-ethyl adjacent to an activating group) is 1. The van der Waals surface area contributed by atoms with Gasteiger partial charge in [0.2, 0.25) is 0 Å². The van der Waals surface area contributed by atoms with Crippen LogP contribution in [-0.2, 0) is 4.79 Å². The molecule has 4 aromatic rings. The highest BCUT2D eigenvalue weighted by atomic mass is 32.1. The van der Waals surface area contributed by atoms with Crippen molar-refractivity contribution >= 4 is 34.1 Å². The average Bonchev–Trinajstić information content (AvgIpc) is 3.30. The Morgan fingerprint density at radius 2 is 1.71 bits per heavy atom. The molecule has 0 aliphatic carbocycles. The zero-order chi connectivity index (χ0) is 30.0. The second kappa shape index (κ2) is 12.2. The maximum absolute atomic E-state index is 14.3. The fraction of sp³-hybridized carbons (Fsp3) is 0.303. The number of rotatable bonds is 9. The Balaban J connectivity index is 1.80. The molecule has 42 heavy (non-hydrogen) atoms. The van der Waals surface area contributed by atoms with Gasteiger partial charge in [0.15, 0.2) is 16.3 Å². The average molecular weight is 586 g/mol. The van der Waals surface area contributed by atoms with Crippen molar-refractivity contribution in [2.24, 2.45) is 4.99 Å². The van der Waals surface area contributed by atoms with Crippen molar-refractivity contribution in [3.05, 3.63) is 96.7 Å². The van der Waals surface area contributed by atoms with Crippen molar-refractivity contribution in [1.82, 2.24) is 9.47 Å². The summed E-state index contributed by atoms with van der Waals surface area (Å²) in [6.07, 6.45) is 1.82. The van der Waals surface area contributed by atoms with Crippen molar-refractivity contribution < 1.29 is 19.0 Å². The smallest absolute Gasteiger partial charge is 0.271 e. The molecule has 0 unspecified atom stereocenters. The van der Waals surface area contributed by atoms with Gasteiger partial charge in [-0.15, -0.1) is 0 Å². The number of carbonyl (C=O) groups is 1. The number of thiazole rings is 1. The third kappa shape index (κ3) is 5.09. The largest absolute Gasteiger partial charge is 0.496 e. The number of carbonyl (C=O) groups excluding carboxylic acids is 1. The number of nitrogens with zero attached hydrogens (tertiary/aromatic N) is 3. The van der Waals surface area contributed by atoms with E-state index >= 15 is 0 Å². The molecule has 1 amide bonds. The van der Waals surface area contributed by atoms with E-state index < -0.39 is 6.04 Å².